The topological polar surface area (TPSA) is 84.5 Å². The van der Waals surface area contributed by atoms with E-state index in [2.05, 4.69) is 10.0 Å². The second kappa shape index (κ2) is 10.8. The summed E-state index contributed by atoms with van der Waals surface area (Å²) in [5, 5.41) is 3.14. The Kier molecular flexibility index (Phi) is 8.13. The fraction of sp³-hybridized carbons (Fsp3) is 0.409. The number of amides is 1. The first-order valence-electron chi connectivity index (χ1n) is 10.2. The number of carbonyl (C=O) groups is 1. The largest absolute Gasteiger partial charge is 0.482 e. The molecule has 0 unspecified atom stereocenters. The molecule has 0 aromatic heterocycles. The first-order valence-corrected chi connectivity index (χ1v) is 12.1. The van der Waals surface area contributed by atoms with Gasteiger partial charge in [0.05, 0.1) is 9.92 Å². The van der Waals surface area contributed by atoms with E-state index in [1.54, 1.807) is 0 Å². The summed E-state index contributed by atoms with van der Waals surface area (Å²) in [6, 6.07) is 13.6. The zero-order chi connectivity index (χ0) is 21.4. The van der Waals surface area contributed by atoms with Crippen molar-refractivity contribution in [1.82, 2.24) is 10.0 Å². The van der Waals surface area contributed by atoms with Gasteiger partial charge in [0.2, 0.25) is 10.0 Å². The summed E-state index contributed by atoms with van der Waals surface area (Å²) >= 11 is 6.20. The van der Waals surface area contributed by atoms with Crippen molar-refractivity contribution in [1.29, 1.82) is 0 Å². The summed E-state index contributed by atoms with van der Waals surface area (Å²) in [5.74, 6) is 0.0777. The van der Waals surface area contributed by atoms with Gasteiger partial charge in [-0.2, -0.15) is 0 Å². The summed E-state index contributed by atoms with van der Waals surface area (Å²) in [6.45, 7) is 0.0228. The highest BCUT2D eigenvalue weighted by molar-refractivity contribution is 7.89. The number of hydrogen-bond acceptors (Lipinski definition) is 4. The quantitative estimate of drug-likeness (QED) is 0.594. The van der Waals surface area contributed by atoms with Gasteiger partial charge in [-0.15, -0.1) is 0 Å². The minimum absolute atomic E-state index is 0.0405. The summed E-state index contributed by atoms with van der Waals surface area (Å²) in [6.07, 6.45) is 6.68. The van der Waals surface area contributed by atoms with Crippen LogP contribution in [0.5, 0.6) is 5.75 Å². The van der Waals surface area contributed by atoms with Gasteiger partial charge in [0.1, 0.15) is 5.75 Å². The minimum Gasteiger partial charge on any atom is -0.482 e. The molecule has 1 fully saturated rings. The smallest absolute Gasteiger partial charge is 0.258 e. The molecule has 1 aliphatic rings. The third-order valence-electron chi connectivity index (χ3n) is 5.10. The SMILES string of the molecule is O=C(COc1ccc(S(=O)(=O)NCc2ccccc2)cc1Cl)NC1CCCCCC1. The highest BCUT2D eigenvalue weighted by Gasteiger charge is 2.18. The van der Waals surface area contributed by atoms with Crippen LogP contribution in [0.3, 0.4) is 0 Å². The number of nitrogens with one attached hydrogen (secondary N) is 2. The van der Waals surface area contributed by atoms with Crippen molar-refractivity contribution in [3.8, 4) is 5.75 Å². The predicted molar refractivity (Wildman–Crippen MR) is 117 cm³/mol. The average Bonchev–Trinajstić information content (AvgIpc) is 3.01. The van der Waals surface area contributed by atoms with Crippen molar-refractivity contribution < 1.29 is 17.9 Å². The lowest BCUT2D eigenvalue weighted by atomic mass is 10.1. The van der Waals surface area contributed by atoms with E-state index in [1.807, 2.05) is 30.3 Å². The number of halogens is 1. The molecule has 1 amide bonds. The second-order valence-corrected chi connectivity index (χ2v) is 9.62. The third kappa shape index (κ3) is 6.72. The van der Waals surface area contributed by atoms with Gasteiger partial charge in [0.15, 0.2) is 6.61 Å². The highest BCUT2D eigenvalue weighted by Crippen LogP contribution is 2.27. The average molecular weight is 451 g/mol. The maximum atomic E-state index is 12.5. The second-order valence-electron chi connectivity index (χ2n) is 7.45. The molecular formula is C22H27ClN2O4S. The van der Waals surface area contributed by atoms with E-state index in [4.69, 9.17) is 16.3 Å². The molecule has 162 valence electrons. The summed E-state index contributed by atoms with van der Waals surface area (Å²) in [7, 11) is -3.72. The van der Waals surface area contributed by atoms with Gasteiger partial charge in [-0.25, -0.2) is 13.1 Å². The fourth-order valence-electron chi connectivity index (χ4n) is 3.46. The molecule has 0 radical (unpaired) electrons. The molecule has 30 heavy (non-hydrogen) atoms. The van der Waals surface area contributed by atoms with Crippen LogP contribution in [0.15, 0.2) is 53.4 Å². The zero-order valence-corrected chi connectivity index (χ0v) is 18.3. The van der Waals surface area contributed by atoms with Crippen LogP contribution in [0.2, 0.25) is 5.02 Å². The Hall–Kier alpha value is -2.09. The van der Waals surface area contributed by atoms with E-state index in [9.17, 15) is 13.2 Å². The Morgan fingerprint density at radius 3 is 2.40 bits per heavy atom. The van der Waals surface area contributed by atoms with E-state index in [1.165, 1.54) is 31.0 Å². The van der Waals surface area contributed by atoms with Gasteiger partial charge < -0.3 is 10.1 Å². The molecular weight excluding hydrogens is 424 g/mol. The van der Waals surface area contributed by atoms with Crippen LogP contribution in [-0.4, -0.2) is 27.0 Å². The van der Waals surface area contributed by atoms with Crippen molar-refractivity contribution in [2.45, 2.75) is 56.0 Å². The standard InChI is InChI=1S/C22H27ClN2O4S/c23-20-14-19(30(27,28)24-15-17-8-4-3-5-9-17)12-13-21(20)29-16-22(26)25-18-10-6-1-2-7-11-18/h3-5,8-9,12-14,18,24H,1-2,6-7,10-11,15-16H2,(H,25,26). The molecule has 2 N–H and O–H groups in total. The van der Waals surface area contributed by atoms with Crippen LogP contribution in [0.4, 0.5) is 0 Å². The molecule has 0 atom stereocenters. The summed E-state index contributed by atoms with van der Waals surface area (Å²) in [5.41, 5.74) is 0.854. The number of carbonyl (C=O) groups excluding carboxylic acids is 1. The van der Waals surface area contributed by atoms with Gasteiger partial charge in [-0.3, -0.25) is 4.79 Å². The van der Waals surface area contributed by atoms with Crippen molar-refractivity contribution in [3.63, 3.8) is 0 Å². The molecule has 0 saturated heterocycles. The lowest BCUT2D eigenvalue weighted by Gasteiger charge is -2.16. The Bertz CT molecular complexity index is 943. The third-order valence-corrected chi connectivity index (χ3v) is 6.80. The number of hydrogen-bond donors (Lipinski definition) is 2. The monoisotopic (exact) mass is 450 g/mol. The van der Waals surface area contributed by atoms with Crippen LogP contribution < -0.4 is 14.8 Å². The van der Waals surface area contributed by atoms with Crippen LogP contribution in [0.1, 0.15) is 44.1 Å². The van der Waals surface area contributed by atoms with Crippen LogP contribution >= 0.6 is 11.6 Å². The van der Waals surface area contributed by atoms with Crippen LogP contribution in [-0.2, 0) is 21.4 Å². The number of rotatable bonds is 8. The number of benzene rings is 2. The Labute approximate surface area is 183 Å². The summed E-state index contributed by atoms with van der Waals surface area (Å²) < 4.78 is 33.1. The molecule has 0 aliphatic heterocycles. The molecule has 6 nitrogen and oxygen atoms in total. The molecule has 0 heterocycles. The molecule has 1 saturated carbocycles. The number of ether oxygens (including phenoxy) is 1. The molecule has 3 rings (SSSR count). The Morgan fingerprint density at radius 1 is 1.03 bits per heavy atom. The first kappa shape index (κ1) is 22.6. The molecule has 0 bridgehead atoms. The van der Waals surface area contributed by atoms with Gasteiger partial charge in [-0.1, -0.05) is 67.6 Å². The number of sulfonamides is 1. The lowest BCUT2D eigenvalue weighted by Crippen LogP contribution is -2.37. The maximum Gasteiger partial charge on any atom is 0.258 e. The maximum absolute atomic E-state index is 12.5. The molecule has 2 aromatic rings. The van der Waals surface area contributed by atoms with E-state index in [-0.39, 0.29) is 40.8 Å². The van der Waals surface area contributed by atoms with Crippen molar-refractivity contribution in [2.75, 3.05) is 6.61 Å². The van der Waals surface area contributed by atoms with Gasteiger partial charge in [-0.05, 0) is 36.6 Å². The van der Waals surface area contributed by atoms with Gasteiger partial charge in [0, 0.05) is 12.6 Å². The fourth-order valence-corrected chi connectivity index (χ4v) is 4.80. The zero-order valence-electron chi connectivity index (χ0n) is 16.8. The Morgan fingerprint density at radius 2 is 1.73 bits per heavy atom. The van der Waals surface area contributed by atoms with E-state index >= 15 is 0 Å². The normalized spacial score (nSPS) is 15.4. The highest BCUT2D eigenvalue weighted by atomic mass is 35.5. The molecule has 1 aliphatic carbocycles. The lowest BCUT2D eigenvalue weighted by molar-refractivity contribution is -0.123. The van der Waals surface area contributed by atoms with Crippen molar-refractivity contribution >= 4 is 27.5 Å². The van der Waals surface area contributed by atoms with E-state index < -0.39 is 10.0 Å². The molecule has 8 heteroatoms. The summed E-state index contributed by atoms with van der Waals surface area (Å²) in [4.78, 5) is 12.2. The molecule has 2 aromatic carbocycles. The minimum atomic E-state index is -3.72. The van der Waals surface area contributed by atoms with Crippen LogP contribution in [0, 0.1) is 0 Å². The van der Waals surface area contributed by atoms with E-state index in [0.29, 0.717) is 0 Å². The van der Waals surface area contributed by atoms with Crippen molar-refractivity contribution in [3.05, 3.63) is 59.1 Å². The van der Waals surface area contributed by atoms with Crippen LogP contribution in [0.25, 0.3) is 0 Å². The van der Waals surface area contributed by atoms with Gasteiger partial charge in [0.25, 0.3) is 5.91 Å². The molecule has 0 spiro atoms. The predicted octanol–water partition coefficient (Wildman–Crippen LogP) is 4.04. The van der Waals surface area contributed by atoms with Gasteiger partial charge >= 0.3 is 0 Å². The first-order chi connectivity index (χ1) is 14.4. The Balaban J connectivity index is 1.54. The van der Waals surface area contributed by atoms with Crippen molar-refractivity contribution in [2.24, 2.45) is 0 Å². The van der Waals surface area contributed by atoms with E-state index in [0.717, 1.165) is 31.2 Å².